The van der Waals surface area contributed by atoms with Crippen molar-refractivity contribution in [3.05, 3.63) is 35.9 Å². The molecule has 1 rings (SSSR count). The Kier molecular flexibility index (Phi) is 8.11. The van der Waals surface area contributed by atoms with Crippen LogP contribution < -0.4 is 16.0 Å². The third kappa shape index (κ3) is 7.96. The molecule has 136 valence electrons. The standard InChI is InChI=1S/C17H23N3O5/c1-11(2)8-13(20-16(24)12-6-4-3-5-7-12)17(25)19-9-14(21)18-10-15(22)23/h3-7,11,13H,8-10H2,1-2H3,(H,18,21)(H,19,25)(H,20,24)(H,22,23). The van der Waals surface area contributed by atoms with Gasteiger partial charge in [0.25, 0.3) is 5.91 Å². The van der Waals surface area contributed by atoms with Gasteiger partial charge in [-0.25, -0.2) is 0 Å². The predicted molar refractivity (Wildman–Crippen MR) is 90.8 cm³/mol. The normalized spacial score (nSPS) is 11.5. The number of amides is 3. The Morgan fingerprint density at radius 3 is 2.20 bits per heavy atom. The average molecular weight is 349 g/mol. The fourth-order valence-electron chi connectivity index (χ4n) is 2.06. The van der Waals surface area contributed by atoms with Crippen LogP contribution in [0.25, 0.3) is 0 Å². The van der Waals surface area contributed by atoms with Crippen molar-refractivity contribution in [1.29, 1.82) is 0 Å². The molecule has 0 radical (unpaired) electrons. The Morgan fingerprint density at radius 2 is 1.64 bits per heavy atom. The van der Waals surface area contributed by atoms with Crippen molar-refractivity contribution in [2.45, 2.75) is 26.3 Å². The highest BCUT2D eigenvalue weighted by atomic mass is 16.4. The lowest BCUT2D eigenvalue weighted by Gasteiger charge is -2.20. The highest BCUT2D eigenvalue weighted by molar-refractivity contribution is 5.98. The second kappa shape index (κ2) is 10.1. The zero-order valence-electron chi connectivity index (χ0n) is 14.2. The van der Waals surface area contributed by atoms with E-state index in [-0.39, 0.29) is 18.4 Å². The van der Waals surface area contributed by atoms with Crippen LogP contribution in [0.1, 0.15) is 30.6 Å². The fourth-order valence-corrected chi connectivity index (χ4v) is 2.06. The van der Waals surface area contributed by atoms with E-state index in [1.54, 1.807) is 30.3 Å². The fraction of sp³-hybridized carbons (Fsp3) is 0.412. The Morgan fingerprint density at radius 1 is 1.00 bits per heavy atom. The van der Waals surface area contributed by atoms with Gasteiger partial charge in [-0.1, -0.05) is 32.0 Å². The van der Waals surface area contributed by atoms with E-state index in [4.69, 9.17) is 5.11 Å². The van der Waals surface area contributed by atoms with Gasteiger partial charge in [0.1, 0.15) is 12.6 Å². The Balaban J connectivity index is 2.61. The van der Waals surface area contributed by atoms with Gasteiger partial charge in [0.15, 0.2) is 0 Å². The van der Waals surface area contributed by atoms with Crippen molar-refractivity contribution in [1.82, 2.24) is 16.0 Å². The van der Waals surface area contributed by atoms with E-state index < -0.39 is 30.4 Å². The molecule has 0 fully saturated rings. The molecule has 3 amide bonds. The summed E-state index contributed by atoms with van der Waals surface area (Å²) in [5, 5.41) is 15.7. The third-order valence-electron chi connectivity index (χ3n) is 3.22. The molecule has 8 nitrogen and oxygen atoms in total. The molecule has 0 saturated carbocycles. The van der Waals surface area contributed by atoms with Crippen LogP contribution in [-0.4, -0.2) is 47.9 Å². The first-order chi connectivity index (χ1) is 11.8. The van der Waals surface area contributed by atoms with Crippen molar-refractivity contribution in [2.24, 2.45) is 5.92 Å². The highest BCUT2D eigenvalue weighted by Gasteiger charge is 2.22. The molecule has 1 aromatic carbocycles. The summed E-state index contributed by atoms with van der Waals surface area (Å²) in [5.41, 5.74) is 0.434. The van der Waals surface area contributed by atoms with Crippen LogP contribution in [0.2, 0.25) is 0 Å². The van der Waals surface area contributed by atoms with Gasteiger partial charge in [-0.3, -0.25) is 19.2 Å². The molecule has 1 atom stereocenters. The number of nitrogens with one attached hydrogen (secondary N) is 3. The summed E-state index contributed by atoms with van der Waals surface area (Å²) >= 11 is 0. The summed E-state index contributed by atoms with van der Waals surface area (Å²) in [5.74, 6) is -2.52. The van der Waals surface area contributed by atoms with Gasteiger partial charge in [0.05, 0.1) is 6.54 Å². The molecule has 0 aliphatic carbocycles. The molecule has 0 aliphatic heterocycles. The van der Waals surface area contributed by atoms with Crippen LogP contribution in [0.3, 0.4) is 0 Å². The van der Waals surface area contributed by atoms with Gasteiger partial charge in [0.2, 0.25) is 11.8 Å². The Labute approximate surface area is 146 Å². The zero-order valence-corrected chi connectivity index (χ0v) is 14.2. The number of hydrogen-bond acceptors (Lipinski definition) is 4. The molecule has 1 unspecified atom stereocenters. The maximum absolute atomic E-state index is 12.3. The minimum Gasteiger partial charge on any atom is -0.480 e. The first-order valence-electron chi connectivity index (χ1n) is 7.91. The lowest BCUT2D eigenvalue weighted by atomic mass is 10.0. The van der Waals surface area contributed by atoms with E-state index in [1.165, 1.54) is 0 Å². The monoisotopic (exact) mass is 349 g/mol. The number of carboxylic acid groups (broad SMARTS) is 1. The smallest absolute Gasteiger partial charge is 0.322 e. The van der Waals surface area contributed by atoms with E-state index in [2.05, 4.69) is 16.0 Å². The van der Waals surface area contributed by atoms with Crippen molar-refractivity contribution in [2.75, 3.05) is 13.1 Å². The summed E-state index contributed by atoms with van der Waals surface area (Å²) in [6.07, 6.45) is 0.404. The number of carbonyl (C=O) groups excluding carboxylic acids is 3. The average Bonchev–Trinajstić information content (AvgIpc) is 2.57. The van der Waals surface area contributed by atoms with Crippen molar-refractivity contribution in [3.63, 3.8) is 0 Å². The van der Waals surface area contributed by atoms with E-state index >= 15 is 0 Å². The number of aliphatic carboxylic acids is 1. The molecule has 4 N–H and O–H groups in total. The SMILES string of the molecule is CC(C)CC(NC(=O)c1ccccc1)C(=O)NCC(=O)NCC(=O)O. The van der Waals surface area contributed by atoms with Crippen molar-refractivity contribution in [3.8, 4) is 0 Å². The zero-order chi connectivity index (χ0) is 18.8. The number of carboxylic acids is 1. The molecule has 0 heterocycles. The van der Waals surface area contributed by atoms with E-state index in [1.807, 2.05) is 13.8 Å². The lowest BCUT2D eigenvalue weighted by molar-refractivity contribution is -0.137. The van der Waals surface area contributed by atoms with Crippen LogP contribution in [0, 0.1) is 5.92 Å². The van der Waals surface area contributed by atoms with Gasteiger partial charge in [-0.2, -0.15) is 0 Å². The summed E-state index contributed by atoms with van der Waals surface area (Å²) in [4.78, 5) is 46.3. The highest BCUT2D eigenvalue weighted by Crippen LogP contribution is 2.07. The summed E-state index contributed by atoms with van der Waals surface area (Å²) in [6, 6.07) is 7.71. The Hall–Kier alpha value is -2.90. The quantitative estimate of drug-likeness (QED) is 0.505. The molecule has 1 aromatic rings. The largest absolute Gasteiger partial charge is 0.480 e. The molecule has 0 saturated heterocycles. The van der Waals surface area contributed by atoms with E-state index in [0.29, 0.717) is 12.0 Å². The second-order valence-corrected chi connectivity index (χ2v) is 5.91. The minimum atomic E-state index is -1.17. The van der Waals surface area contributed by atoms with E-state index in [9.17, 15) is 19.2 Å². The maximum Gasteiger partial charge on any atom is 0.322 e. The Bertz CT molecular complexity index is 616. The first kappa shape index (κ1) is 20.1. The lowest BCUT2D eigenvalue weighted by Crippen LogP contribution is -2.49. The van der Waals surface area contributed by atoms with Gasteiger partial charge in [0, 0.05) is 5.56 Å². The van der Waals surface area contributed by atoms with Crippen LogP contribution in [0.5, 0.6) is 0 Å². The van der Waals surface area contributed by atoms with Gasteiger partial charge < -0.3 is 21.1 Å². The molecule has 0 aliphatic rings. The first-order valence-corrected chi connectivity index (χ1v) is 7.91. The van der Waals surface area contributed by atoms with Crippen LogP contribution in [-0.2, 0) is 14.4 Å². The van der Waals surface area contributed by atoms with Crippen molar-refractivity contribution < 1.29 is 24.3 Å². The van der Waals surface area contributed by atoms with Crippen molar-refractivity contribution >= 4 is 23.7 Å². The maximum atomic E-state index is 12.3. The van der Waals surface area contributed by atoms with Gasteiger partial charge in [-0.15, -0.1) is 0 Å². The number of rotatable bonds is 9. The number of carbonyl (C=O) groups is 4. The molecular formula is C17H23N3O5. The number of benzene rings is 1. The third-order valence-corrected chi connectivity index (χ3v) is 3.22. The predicted octanol–water partition coefficient (Wildman–Crippen LogP) is 0.148. The molecule has 0 bridgehead atoms. The van der Waals surface area contributed by atoms with Gasteiger partial charge >= 0.3 is 5.97 Å². The molecular weight excluding hydrogens is 326 g/mol. The van der Waals surface area contributed by atoms with Crippen LogP contribution in [0.15, 0.2) is 30.3 Å². The minimum absolute atomic E-state index is 0.146. The number of hydrogen-bond donors (Lipinski definition) is 4. The van der Waals surface area contributed by atoms with Gasteiger partial charge in [-0.05, 0) is 24.5 Å². The van der Waals surface area contributed by atoms with Crippen LogP contribution in [0.4, 0.5) is 0 Å². The van der Waals surface area contributed by atoms with Crippen LogP contribution >= 0.6 is 0 Å². The summed E-state index contributed by atoms with van der Waals surface area (Å²) in [6.45, 7) is 2.94. The second-order valence-electron chi connectivity index (χ2n) is 5.91. The molecule has 8 heteroatoms. The molecule has 0 aromatic heterocycles. The summed E-state index contributed by atoms with van der Waals surface area (Å²) < 4.78 is 0. The molecule has 25 heavy (non-hydrogen) atoms. The van der Waals surface area contributed by atoms with E-state index in [0.717, 1.165) is 0 Å². The molecule has 0 spiro atoms. The topological polar surface area (TPSA) is 125 Å². The summed E-state index contributed by atoms with van der Waals surface area (Å²) in [7, 11) is 0.